The fourth-order valence-corrected chi connectivity index (χ4v) is 4.82. The summed E-state index contributed by atoms with van der Waals surface area (Å²) >= 11 is 0. The van der Waals surface area contributed by atoms with E-state index in [9.17, 15) is 9.59 Å². The van der Waals surface area contributed by atoms with Crippen molar-refractivity contribution in [1.29, 1.82) is 0 Å². The second-order valence-electron chi connectivity index (χ2n) is 8.38. The van der Waals surface area contributed by atoms with Crippen LogP contribution >= 0.6 is 0 Å². The van der Waals surface area contributed by atoms with Crippen molar-refractivity contribution in [3.63, 3.8) is 0 Å². The highest BCUT2D eigenvalue weighted by atomic mass is 16.5. The van der Waals surface area contributed by atoms with E-state index in [0.29, 0.717) is 23.2 Å². The van der Waals surface area contributed by atoms with Gasteiger partial charge in [0.1, 0.15) is 5.75 Å². The summed E-state index contributed by atoms with van der Waals surface area (Å²) in [5, 5.41) is 3.11. The molecule has 1 aliphatic heterocycles. The van der Waals surface area contributed by atoms with E-state index in [1.165, 1.54) is 12.8 Å². The molecule has 1 unspecified atom stereocenters. The van der Waals surface area contributed by atoms with Crippen LogP contribution in [0.25, 0.3) is 11.1 Å². The van der Waals surface area contributed by atoms with Crippen LogP contribution in [-0.2, 0) is 0 Å². The lowest BCUT2D eigenvalue weighted by Gasteiger charge is -2.28. The van der Waals surface area contributed by atoms with Gasteiger partial charge in [-0.05, 0) is 66.9 Å². The van der Waals surface area contributed by atoms with Gasteiger partial charge in [0.05, 0.1) is 13.2 Å². The van der Waals surface area contributed by atoms with Gasteiger partial charge in [0.15, 0.2) is 5.78 Å². The van der Waals surface area contributed by atoms with E-state index in [2.05, 4.69) is 16.3 Å². The molecule has 1 fully saturated rings. The molecular formula is C27H26N2O3. The fraction of sp³-hybridized carbons (Fsp3) is 0.259. The topological polar surface area (TPSA) is 58.6 Å². The Morgan fingerprint density at radius 2 is 1.69 bits per heavy atom. The number of amides is 1. The van der Waals surface area contributed by atoms with Crippen LogP contribution in [0, 0.1) is 0 Å². The number of rotatable bonds is 6. The van der Waals surface area contributed by atoms with Crippen molar-refractivity contribution < 1.29 is 14.3 Å². The number of methoxy groups -OCH3 is 1. The molecule has 32 heavy (non-hydrogen) atoms. The first-order valence-electron chi connectivity index (χ1n) is 11.1. The number of nitrogens with one attached hydrogen (secondary N) is 1. The Balaban J connectivity index is 1.35. The van der Waals surface area contributed by atoms with E-state index in [1.54, 1.807) is 19.2 Å². The maximum absolute atomic E-state index is 13.0. The molecule has 1 heterocycles. The van der Waals surface area contributed by atoms with Crippen molar-refractivity contribution in [2.75, 3.05) is 26.7 Å². The van der Waals surface area contributed by atoms with E-state index in [1.807, 2.05) is 48.5 Å². The molecule has 0 bridgehead atoms. The molecule has 3 aromatic rings. The molecule has 162 valence electrons. The number of ketones is 1. The molecular weight excluding hydrogens is 400 g/mol. The Kier molecular flexibility index (Phi) is 5.50. The number of fused-ring (bicyclic) bond motifs is 3. The third-order valence-corrected chi connectivity index (χ3v) is 6.50. The van der Waals surface area contributed by atoms with Crippen LogP contribution in [0.15, 0.2) is 66.7 Å². The number of benzene rings is 3. The van der Waals surface area contributed by atoms with Gasteiger partial charge in [0, 0.05) is 23.2 Å². The van der Waals surface area contributed by atoms with E-state index < -0.39 is 0 Å². The van der Waals surface area contributed by atoms with Gasteiger partial charge < -0.3 is 10.1 Å². The minimum absolute atomic E-state index is 0.0171. The highest BCUT2D eigenvalue weighted by Crippen LogP contribution is 2.36. The van der Waals surface area contributed by atoms with Crippen molar-refractivity contribution in [2.45, 2.75) is 18.9 Å². The van der Waals surface area contributed by atoms with E-state index in [0.717, 1.165) is 35.5 Å². The standard InChI is InChI=1S/C27H26N2O3/c1-32-20-8-6-7-18(15-20)25(29-13-4-5-14-29)17-28-27(31)19-11-12-22-21-9-2-3-10-23(21)26(30)24(22)16-19/h2-3,6-12,15-16,25H,4-5,13-14,17H2,1H3,(H,28,31). The van der Waals surface area contributed by atoms with Crippen molar-refractivity contribution in [2.24, 2.45) is 0 Å². The Labute approximate surface area is 188 Å². The van der Waals surface area contributed by atoms with Crippen molar-refractivity contribution >= 4 is 11.7 Å². The molecule has 0 spiro atoms. The highest BCUT2D eigenvalue weighted by Gasteiger charge is 2.28. The molecule has 5 heteroatoms. The van der Waals surface area contributed by atoms with Gasteiger partial charge in [-0.3, -0.25) is 14.5 Å². The maximum Gasteiger partial charge on any atom is 0.251 e. The average Bonchev–Trinajstić information content (AvgIpc) is 3.47. The maximum atomic E-state index is 13.0. The van der Waals surface area contributed by atoms with Crippen LogP contribution in [0.2, 0.25) is 0 Å². The second kappa shape index (κ2) is 8.60. The van der Waals surface area contributed by atoms with Crippen LogP contribution in [-0.4, -0.2) is 43.3 Å². The summed E-state index contributed by atoms with van der Waals surface area (Å²) in [5.74, 6) is 0.634. The SMILES string of the molecule is COc1cccc(C(CNC(=O)c2ccc3c(c2)C(=O)c2ccccc2-3)N2CCCC2)c1. The van der Waals surface area contributed by atoms with Crippen molar-refractivity contribution in [3.8, 4) is 16.9 Å². The highest BCUT2D eigenvalue weighted by molar-refractivity contribution is 6.22. The molecule has 1 saturated heterocycles. The number of hydrogen-bond acceptors (Lipinski definition) is 4. The minimum Gasteiger partial charge on any atom is -0.497 e. The number of carbonyl (C=O) groups excluding carboxylic acids is 2. The summed E-state index contributed by atoms with van der Waals surface area (Å²) in [6.45, 7) is 2.53. The molecule has 1 atom stereocenters. The van der Waals surface area contributed by atoms with Crippen LogP contribution in [0.3, 0.4) is 0 Å². The predicted molar refractivity (Wildman–Crippen MR) is 124 cm³/mol. The second-order valence-corrected chi connectivity index (χ2v) is 8.38. The van der Waals surface area contributed by atoms with Crippen molar-refractivity contribution in [1.82, 2.24) is 10.2 Å². The fourth-order valence-electron chi connectivity index (χ4n) is 4.82. The summed E-state index contributed by atoms with van der Waals surface area (Å²) in [5.41, 5.74) is 4.77. The monoisotopic (exact) mass is 426 g/mol. The third-order valence-electron chi connectivity index (χ3n) is 6.50. The molecule has 3 aromatic carbocycles. The molecule has 1 amide bonds. The lowest BCUT2D eigenvalue weighted by atomic mass is 10.0. The normalized spacial score (nSPS) is 15.8. The summed E-state index contributed by atoms with van der Waals surface area (Å²) in [6, 6.07) is 21.1. The van der Waals surface area contributed by atoms with E-state index in [-0.39, 0.29) is 17.7 Å². The minimum atomic E-state index is -0.163. The zero-order valence-electron chi connectivity index (χ0n) is 18.1. The van der Waals surface area contributed by atoms with Gasteiger partial charge in [-0.1, -0.05) is 42.5 Å². The lowest BCUT2D eigenvalue weighted by Crippen LogP contribution is -2.36. The molecule has 1 N–H and O–H groups in total. The number of carbonyl (C=O) groups is 2. The van der Waals surface area contributed by atoms with Gasteiger partial charge in [-0.15, -0.1) is 0 Å². The van der Waals surface area contributed by atoms with Crippen LogP contribution < -0.4 is 10.1 Å². The predicted octanol–water partition coefficient (Wildman–Crippen LogP) is 4.47. The first kappa shape index (κ1) is 20.5. The Morgan fingerprint density at radius 1 is 0.938 bits per heavy atom. The van der Waals surface area contributed by atoms with Gasteiger partial charge >= 0.3 is 0 Å². The molecule has 1 aliphatic carbocycles. The van der Waals surface area contributed by atoms with Gasteiger partial charge in [-0.2, -0.15) is 0 Å². The largest absolute Gasteiger partial charge is 0.497 e. The lowest BCUT2D eigenvalue weighted by molar-refractivity contribution is 0.0938. The average molecular weight is 427 g/mol. The first-order chi connectivity index (χ1) is 15.7. The first-order valence-corrected chi connectivity index (χ1v) is 11.1. The Morgan fingerprint density at radius 3 is 2.47 bits per heavy atom. The molecule has 0 saturated carbocycles. The Bertz CT molecular complexity index is 1180. The summed E-state index contributed by atoms with van der Waals surface area (Å²) in [6.07, 6.45) is 2.34. The van der Waals surface area contributed by atoms with E-state index >= 15 is 0 Å². The molecule has 5 nitrogen and oxygen atoms in total. The number of ether oxygens (including phenoxy) is 1. The molecule has 2 aliphatic rings. The summed E-state index contributed by atoms with van der Waals surface area (Å²) in [4.78, 5) is 28.2. The summed E-state index contributed by atoms with van der Waals surface area (Å²) in [7, 11) is 1.67. The smallest absolute Gasteiger partial charge is 0.251 e. The number of likely N-dealkylation sites (tertiary alicyclic amines) is 1. The third kappa shape index (κ3) is 3.69. The molecule has 0 radical (unpaired) electrons. The van der Waals surface area contributed by atoms with Crippen molar-refractivity contribution in [3.05, 3.63) is 89.0 Å². The zero-order chi connectivity index (χ0) is 22.1. The van der Waals surface area contributed by atoms with Gasteiger partial charge in [0.2, 0.25) is 0 Å². The van der Waals surface area contributed by atoms with Gasteiger partial charge in [0.25, 0.3) is 5.91 Å². The zero-order valence-corrected chi connectivity index (χ0v) is 18.1. The van der Waals surface area contributed by atoms with Crippen LogP contribution in [0.5, 0.6) is 5.75 Å². The quantitative estimate of drug-likeness (QED) is 0.494. The molecule has 5 rings (SSSR count). The van der Waals surface area contributed by atoms with Gasteiger partial charge in [-0.25, -0.2) is 0 Å². The Hall–Kier alpha value is -3.44. The van der Waals surface area contributed by atoms with Crippen LogP contribution in [0.1, 0.15) is 50.7 Å². The van der Waals surface area contributed by atoms with Crippen LogP contribution in [0.4, 0.5) is 0 Å². The number of nitrogens with zero attached hydrogens (tertiary/aromatic N) is 1. The molecule has 0 aromatic heterocycles. The number of hydrogen-bond donors (Lipinski definition) is 1. The van der Waals surface area contributed by atoms with E-state index in [4.69, 9.17) is 4.74 Å². The summed E-state index contributed by atoms with van der Waals surface area (Å²) < 4.78 is 5.40.